The van der Waals surface area contributed by atoms with Crippen LogP contribution in [0.25, 0.3) is 11.0 Å². The number of sulfonamides is 1. The summed E-state index contributed by atoms with van der Waals surface area (Å²) in [4.78, 5) is 16.6. The topological polar surface area (TPSA) is 94.8 Å². The van der Waals surface area contributed by atoms with Crippen molar-refractivity contribution in [1.82, 2.24) is 14.7 Å². The molecule has 22 heavy (non-hydrogen) atoms. The Kier molecular flexibility index (Phi) is 3.78. The van der Waals surface area contributed by atoms with E-state index in [-0.39, 0.29) is 17.1 Å². The van der Waals surface area contributed by atoms with Gasteiger partial charge < -0.3 is 9.97 Å². The Hall–Kier alpha value is -2.09. The fourth-order valence-corrected chi connectivity index (χ4v) is 3.21. The second-order valence-corrected chi connectivity index (χ2v) is 6.94. The summed E-state index contributed by atoms with van der Waals surface area (Å²) in [7, 11) is -3.61. The van der Waals surface area contributed by atoms with Crippen molar-refractivity contribution in [3.05, 3.63) is 63.5 Å². The smallest absolute Gasteiger partial charge is 0.306 e. The molecule has 0 saturated heterocycles. The average Bonchev–Trinajstić information content (AvgIpc) is 2.85. The molecular formula is C14H12ClN3O3S. The van der Waals surface area contributed by atoms with Crippen molar-refractivity contribution in [3.63, 3.8) is 0 Å². The third kappa shape index (κ3) is 3.06. The van der Waals surface area contributed by atoms with Gasteiger partial charge in [-0.3, -0.25) is 0 Å². The summed E-state index contributed by atoms with van der Waals surface area (Å²) in [5.74, 6) is 0. The zero-order valence-electron chi connectivity index (χ0n) is 11.3. The summed E-state index contributed by atoms with van der Waals surface area (Å²) in [6.45, 7) is 0.119. The summed E-state index contributed by atoms with van der Waals surface area (Å²) in [6.07, 6.45) is 0. The first kappa shape index (κ1) is 14.8. The highest BCUT2D eigenvalue weighted by Crippen LogP contribution is 2.15. The van der Waals surface area contributed by atoms with E-state index in [9.17, 15) is 13.2 Å². The molecular weight excluding hydrogens is 326 g/mol. The first-order valence-electron chi connectivity index (χ1n) is 6.40. The standard InChI is InChI=1S/C14H12ClN3O3S/c15-10-2-4-11(5-3-10)22(20,21)16-8-9-1-6-12-13(7-9)18-14(19)17-12/h1-7,16H,8H2,(H2,17,18,19). The minimum Gasteiger partial charge on any atom is -0.306 e. The number of rotatable bonds is 4. The molecule has 0 fully saturated rings. The van der Waals surface area contributed by atoms with Crippen molar-refractivity contribution in [3.8, 4) is 0 Å². The summed E-state index contributed by atoms with van der Waals surface area (Å²) in [6, 6.07) is 11.1. The molecule has 114 valence electrons. The molecule has 0 atom stereocenters. The first-order valence-corrected chi connectivity index (χ1v) is 8.26. The molecule has 8 heteroatoms. The second kappa shape index (κ2) is 5.60. The number of nitrogens with one attached hydrogen (secondary N) is 3. The maximum absolute atomic E-state index is 12.2. The summed E-state index contributed by atoms with van der Waals surface area (Å²) >= 11 is 5.74. The number of benzene rings is 2. The van der Waals surface area contributed by atoms with Crippen LogP contribution >= 0.6 is 11.6 Å². The maximum atomic E-state index is 12.2. The Morgan fingerprint density at radius 2 is 1.68 bits per heavy atom. The lowest BCUT2D eigenvalue weighted by Crippen LogP contribution is -2.23. The van der Waals surface area contributed by atoms with E-state index in [1.165, 1.54) is 24.3 Å². The number of aromatic amines is 2. The van der Waals surface area contributed by atoms with Crippen molar-refractivity contribution in [2.24, 2.45) is 0 Å². The van der Waals surface area contributed by atoms with Gasteiger partial charge in [-0.15, -0.1) is 0 Å². The predicted octanol–water partition coefficient (Wildman–Crippen LogP) is 1.99. The van der Waals surface area contributed by atoms with Gasteiger partial charge in [0.2, 0.25) is 10.0 Å². The monoisotopic (exact) mass is 337 g/mol. The number of fused-ring (bicyclic) bond motifs is 1. The highest BCUT2D eigenvalue weighted by molar-refractivity contribution is 7.89. The highest BCUT2D eigenvalue weighted by Gasteiger charge is 2.13. The van der Waals surface area contributed by atoms with Gasteiger partial charge in [-0.1, -0.05) is 17.7 Å². The van der Waals surface area contributed by atoms with Crippen LogP contribution in [0.15, 0.2) is 52.2 Å². The van der Waals surface area contributed by atoms with Gasteiger partial charge in [0, 0.05) is 11.6 Å². The van der Waals surface area contributed by atoms with Crippen LogP contribution in [0.2, 0.25) is 5.02 Å². The minimum absolute atomic E-state index is 0.119. The van der Waals surface area contributed by atoms with Gasteiger partial charge in [-0.2, -0.15) is 0 Å². The summed E-state index contributed by atoms with van der Waals surface area (Å²) in [5.41, 5.74) is 1.75. The van der Waals surface area contributed by atoms with Crippen molar-refractivity contribution in [2.75, 3.05) is 0 Å². The third-order valence-electron chi connectivity index (χ3n) is 3.17. The molecule has 6 nitrogen and oxygen atoms in total. The summed E-state index contributed by atoms with van der Waals surface area (Å²) in [5, 5.41) is 0.473. The molecule has 3 aromatic rings. The van der Waals surface area contributed by atoms with Gasteiger partial charge in [0.25, 0.3) is 0 Å². The fraction of sp³-hybridized carbons (Fsp3) is 0.0714. The average molecular weight is 338 g/mol. The van der Waals surface area contributed by atoms with Crippen LogP contribution < -0.4 is 10.4 Å². The van der Waals surface area contributed by atoms with Crippen LogP contribution in [0, 0.1) is 0 Å². The number of hydrogen-bond acceptors (Lipinski definition) is 3. The summed E-state index contributed by atoms with van der Waals surface area (Å²) < 4.78 is 26.8. The van der Waals surface area contributed by atoms with Crippen molar-refractivity contribution < 1.29 is 8.42 Å². The van der Waals surface area contributed by atoms with E-state index in [0.29, 0.717) is 16.1 Å². The molecule has 0 spiro atoms. The lowest BCUT2D eigenvalue weighted by molar-refractivity contribution is 0.581. The first-order chi connectivity index (χ1) is 10.4. The maximum Gasteiger partial charge on any atom is 0.323 e. The van der Waals surface area contributed by atoms with Crippen molar-refractivity contribution in [2.45, 2.75) is 11.4 Å². The van der Waals surface area contributed by atoms with Gasteiger partial charge in [0.1, 0.15) is 0 Å². The molecule has 0 aliphatic heterocycles. The lowest BCUT2D eigenvalue weighted by atomic mass is 10.2. The molecule has 0 amide bonds. The van der Waals surface area contributed by atoms with Crippen LogP contribution in [0.5, 0.6) is 0 Å². The zero-order valence-corrected chi connectivity index (χ0v) is 12.8. The van der Waals surface area contributed by atoms with Crippen molar-refractivity contribution in [1.29, 1.82) is 0 Å². The number of aromatic nitrogens is 2. The second-order valence-electron chi connectivity index (χ2n) is 4.74. The molecule has 0 aliphatic rings. The lowest BCUT2D eigenvalue weighted by Gasteiger charge is -2.07. The molecule has 3 N–H and O–H groups in total. The zero-order chi connectivity index (χ0) is 15.7. The van der Waals surface area contributed by atoms with Crippen LogP contribution in [0.3, 0.4) is 0 Å². The van der Waals surface area contributed by atoms with E-state index < -0.39 is 10.0 Å². The highest BCUT2D eigenvalue weighted by atomic mass is 35.5. The van der Waals surface area contributed by atoms with Crippen LogP contribution in [-0.2, 0) is 16.6 Å². The van der Waals surface area contributed by atoms with Gasteiger partial charge in [0.15, 0.2) is 0 Å². The Morgan fingerprint density at radius 1 is 1.00 bits per heavy atom. The largest absolute Gasteiger partial charge is 0.323 e. The molecule has 0 saturated carbocycles. The Labute approximate surface area is 131 Å². The van der Waals surface area contributed by atoms with Gasteiger partial charge in [-0.25, -0.2) is 17.9 Å². The normalized spacial score (nSPS) is 11.9. The molecule has 0 radical (unpaired) electrons. The molecule has 3 rings (SSSR count). The molecule has 1 heterocycles. The van der Waals surface area contributed by atoms with Crippen molar-refractivity contribution >= 4 is 32.7 Å². The Balaban J connectivity index is 1.80. The number of hydrogen-bond donors (Lipinski definition) is 3. The number of H-pyrrole nitrogens is 2. The fourth-order valence-electron chi connectivity index (χ4n) is 2.07. The number of halogens is 1. The number of imidazole rings is 1. The van der Waals surface area contributed by atoms with E-state index >= 15 is 0 Å². The molecule has 0 bridgehead atoms. The minimum atomic E-state index is -3.61. The SMILES string of the molecule is O=c1[nH]c2ccc(CNS(=O)(=O)c3ccc(Cl)cc3)cc2[nH]1. The van der Waals surface area contributed by atoms with E-state index in [1.807, 2.05) is 0 Å². The van der Waals surface area contributed by atoms with Crippen LogP contribution in [-0.4, -0.2) is 18.4 Å². The van der Waals surface area contributed by atoms with Gasteiger partial charge in [0.05, 0.1) is 15.9 Å². The van der Waals surface area contributed by atoms with Crippen LogP contribution in [0.1, 0.15) is 5.56 Å². The predicted molar refractivity (Wildman–Crippen MR) is 84.4 cm³/mol. The molecule has 0 unspecified atom stereocenters. The molecule has 0 aliphatic carbocycles. The van der Waals surface area contributed by atoms with E-state index in [4.69, 9.17) is 11.6 Å². The van der Waals surface area contributed by atoms with Gasteiger partial charge in [-0.05, 0) is 42.0 Å². The molecule has 2 aromatic carbocycles. The van der Waals surface area contributed by atoms with Crippen LogP contribution in [0.4, 0.5) is 0 Å². The van der Waals surface area contributed by atoms with Gasteiger partial charge >= 0.3 is 5.69 Å². The Morgan fingerprint density at radius 3 is 2.41 bits per heavy atom. The van der Waals surface area contributed by atoms with E-state index in [2.05, 4.69) is 14.7 Å². The molecule has 1 aromatic heterocycles. The van der Waals surface area contributed by atoms with E-state index in [0.717, 1.165) is 5.56 Å². The quantitative estimate of drug-likeness (QED) is 0.679. The third-order valence-corrected chi connectivity index (χ3v) is 4.84. The van der Waals surface area contributed by atoms with E-state index in [1.54, 1.807) is 18.2 Å². The Bertz CT molecular complexity index is 974.